The molecule has 0 aromatic heterocycles. The van der Waals surface area contributed by atoms with Crippen LogP contribution >= 0.6 is 0 Å². The summed E-state index contributed by atoms with van der Waals surface area (Å²) < 4.78 is 32.0. The fraction of sp³-hybridized carbons (Fsp3) is 1.00. The minimum atomic E-state index is -3.80. The van der Waals surface area contributed by atoms with Gasteiger partial charge in [0.25, 0.3) is 10.1 Å². The van der Waals surface area contributed by atoms with E-state index in [1.807, 2.05) is 0 Å². The Bertz CT molecular complexity index is 420. The van der Waals surface area contributed by atoms with Crippen molar-refractivity contribution >= 4 is 10.1 Å². The minimum absolute atomic E-state index is 0.448. The molecular weight excluding hydrogens is 236 g/mol. The monoisotopic (exact) mass is 256 g/mol. The zero-order valence-corrected chi connectivity index (χ0v) is 10.8. The quantitative estimate of drug-likeness (QED) is 0.578. The van der Waals surface area contributed by atoms with Gasteiger partial charge in [-0.05, 0) is 74.0 Å². The Morgan fingerprint density at radius 2 is 1.24 bits per heavy atom. The molecule has 4 fully saturated rings. The Kier molecular flexibility index (Phi) is 2.07. The predicted octanol–water partition coefficient (Wildman–Crippen LogP) is 2.34. The van der Waals surface area contributed by atoms with Crippen LogP contribution in [0.25, 0.3) is 0 Å². The molecule has 4 aliphatic carbocycles. The van der Waals surface area contributed by atoms with Crippen LogP contribution in [0, 0.1) is 35.5 Å². The highest BCUT2D eigenvalue weighted by Gasteiger charge is 2.60. The van der Waals surface area contributed by atoms with Gasteiger partial charge in [-0.3, -0.25) is 4.55 Å². The highest BCUT2D eigenvalue weighted by molar-refractivity contribution is 7.86. The molecule has 0 saturated heterocycles. The van der Waals surface area contributed by atoms with Crippen LogP contribution in [0.15, 0.2) is 0 Å². The molecule has 0 radical (unpaired) electrons. The molecule has 0 amide bonds. The van der Waals surface area contributed by atoms with Gasteiger partial charge in [-0.15, -0.1) is 0 Å². The van der Waals surface area contributed by atoms with E-state index in [2.05, 4.69) is 0 Å². The Hall–Kier alpha value is -0.0900. The highest BCUT2D eigenvalue weighted by atomic mass is 32.2. The fourth-order valence-electron chi connectivity index (χ4n) is 6.00. The van der Waals surface area contributed by atoms with Crippen LogP contribution in [0.3, 0.4) is 0 Å². The molecular formula is C13H20O3S. The molecule has 4 rings (SSSR count). The van der Waals surface area contributed by atoms with Crippen LogP contribution in [-0.2, 0) is 10.1 Å². The highest BCUT2D eigenvalue weighted by Crippen LogP contribution is 2.66. The molecule has 4 saturated carbocycles. The first-order chi connectivity index (χ1) is 8.04. The van der Waals surface area contributed by atoms with Gasteiger partial charge in [0.15, 0.2) is 0 Å². The summed E-state index contributed by atoms with van der Waals surface area (Å²) in [6, 6.07) is 0. The lowest BCUT2D eigenvalue weighted by Gasteiger charge is -2.28. The van der Waals surface area contributed by atoms with E-state index < -0.39 is 15.4 Å². The first kappa shape index (κ1) is 10.8. The molecule has 0 aromatic carbocycles. The van der Waals surface area contributed by atoms with Gasteiger partial charge in [0.2, 0.25) is 0 Å². The van der Waals surface area contributed by atoms with E-state index in [1.165, 1.54) is 25.7 Å². The fourth-order valence-corrected chi connectivity index (χ4v) is 6.98. The SMILES string of the molecule is O=S(=O)(O)C1CC2CC(C1)C1C3CCC(C3)C21. The largest absolute Gasteiger partial charge is 0.285 e. The van der Waals surface area contributed by atoms with Crippen molar-refractivity contribution in [3.8, 4) is 0 Å². The van der Waals surface area contributed by atoms with Crippen molar-refractivity contribution in [2.45, 2.75) is 43.8 Å². The first-order valence-electron chi connectivity index (χ1n) is 7.00. The van der Waals surface area contributed by atoms with E-state index in [4.69, 9.17) is 0 Å². The maximum Gasteiger partial charge on any atom is 0.267 e. The van der Waals surface area contributed by atoms with Gasteiger partial charge in [0.1, 0.15) is 0 Å². The van der Waals surface area contributed by atoms with Gasteiger partial charge in [-0.2, -0.15) is 8.42 Å². The van der Waals surface area contributed by atoms with Gasteiger partial charge >= 0.3 is 0 Å². The van der Waals surface area contributed by atoms with Gasteiger partial charge in [0, 0.05) is 0 Å². The Morgan fingerprint density at radius 1 is 0.765 bits per heavy atom. The minimum Gasteiger partial charge on any atom is -0.285 e. The van der Waals surface area contributed by atoms with E-state index in [0.717, 1.165) is 36.5 Å². The van der Waals surface area contributed by atoms with Crippen LogP contribution in [-0.4, -0.2) is 18.2 Å². The van der Waals surface area contributed by atoms with Crippen molar-refractivity contribution in [3.05, 3.63) is 0 Å². The third-order valence-electron chi connectivity index (χ3n) is 6.29. The standard InChI is InChI=1S/C13H20O3S/c14-17(15,16)11-5-9-4-10(6-11)13-8-2-1-7(3-8)12(9)13/h7-13H,1-6H2,(H,14,15,16). The molecule has 0 heterocycles. The Balaban J connectivity index is 1.66. The number of hydrogen-bond acceptors (Lipinski definition) is 2. The molecule has 4 bridgehead atoms. The van der Waals surface area contributed by atoms with Crippen molar-refractivity contribution in [1.82, 2.24) is 0 Å². The van der Waals surface area contributed by atoms with Crippen LogP contribution in [0.4, 0.5) is 0 Å². The summed E-state index contributed by atoms with van der Waals surface area (Å²) in [6.07, 6.45) is 6.89. The lowest BCUT2D eigenvalue weighted by atomic mass is 9.77. The number of rotatable bonds is 1. The molecule has 1 N–H and O–H groups in total. The number of hydrogen-bond donors (Lipinski definition) is 1. The molecule has 0 spiro atoms. The summed E-state index contributed by atoms with van der Waals surface area (Å²) >= 11 is 0. The maximum atomic E-state index is 11.4. The second kappa shape index (κ2) is 3.27. The van der Waals surface area contributed by atoms with Gasteiger partial charge in [-0.1, -0.05) is 0 Å². The lowest BCUT2D eigenvalue weighted by Crippen LogP contribution is -2.30. The third kappa shape index (κ3) is 1.40. The van der Waals surface area contributed by atoms with E-state index in [0.29, 0.717) is 11.8 Å². The first-order valence-corrected chi connectivity index (χ1v) is 8.50. The zero-order valence-electron chi connectivity index (χ0n) is 9.96. The van der Waals surface area contributed by atoms with Crippen LogP contribution in [0.2, 0.25) is 0 Å². The van der Waals surface area contributed by atoms with Crippen LogP contribution in [0.1, 0.15) is 38.5 Å². The molecule has 0 aliphatic heterocycles. The van der Waals surface area contributed by atoms with Crippen LogP contribution < -0.4 is 0 Å². The predicted molar refractivity (Wildman–Crippen MR) is 64.0 cm³/mol. The summed E-state index contributed by atoms with van der Waals surface area (Å²) in [7, 11) is -3.80. The van der Waals surface area contributed by atoms with E-state index in [1.54, 1.807) is 0 Å². The van der Waals surface area contributed by atoms with E-state index in [-0.39, 0.29) is 0 Å². The lowest BCUT2D eigenvalue weighted by molar-refractivity contribution is 0.199. The topological polar surface area (TPSA) is 54.4 Å². The van der Waals surface area contributed by atoms with Gasteiger partial charge < -0.3 is 0 Å². The normalized spacial score (nSPS) is 56.2. The molecule has 96 valence electrons. The maximum absolute atomic E-state index is 11.4. The third-order valence-corrected chi connectivity index (χ3v) is 7.52. The van der Waals surface area contributed by atoms with Gasteiger partial charge in [0.05, 0.1) is 5.25 Å². The van der Waals surface area contributed by atoms with Crippen molar-refractivity contribution in [3.63, 3.8) is 0 Å². The second-order valence-corrected chi connectivity index (χ2v) is 8.55. The van der Waals surface area contributed by atoms with E-state index in [9.17, 15) is 13.0 Å². The summed E-state index contributed by atoms with van der Waals surface area (Å²) in [5.74, 6) is 4.60. The van der Waals surface area contributed by atoms with E-state index >= 15 is 0 Å². The molecule has 17 heavy (non-hydrogen) atoms. The van der Waals surface area contributed by atoms with Crippen molar-refractivity contribution in [2.24, 2.45) is 35.5 Å². The molecule has 6 atom stereocenters. The average Bonchev–Trinajstić information content (AvgIpc) is 2.91. The second-order valence-electron chi connectivity index (χ2n) is 6.85. The van der Waals surface area contributed by atoms with Crippen molar-refractivity contribution < 1.29 is 13.0 Å². The smallest absolute Gasteiger partial charge is 0.267 e. The Morgan fingerprint density at radius 3 is 1.71 bits per heavy atom. The average molecular weight is 256 g/mol. The molecule has 4 heteroatoms. The van der Waals surface area contributed by atoms with Crippen molar-refractivity contribution in [2.75, 3.05) is 0 Å². The van der Waals surface area contributed by atoms with Crippen LogP contribution in [0.5, 0.6) is 0 Å². The summed E-state index contributed by atoms with van der Waals surface area (Å²) in [4.78, 5) is 0. The molecule has 3 nitrogen and oxygen atoms in total. The van der Waals surface area contributed by atoms with Crippen molar-refractivity contribution in [1.29, 1.82) is 0 Å². The summed E-state index contributed by atoms with van der Waals surface area (Å²) in [5, 5.41) is -0.448. The van der Waals surface area contributed by atoms with Gasteiger partial charge in [-0.25, -0.2) is 0 Å². The Labute approximate surface area is 103 Å². The number of fused-ring (bicyclic) bond motifs is 9. The summed E-state index contributed by atoms with van der Waals surface area (Å²) in [5.41, 5.74) is 0. The molecule has 0 aromatic rings. The molecule has 4 aliphatic rings. The molecule has 6 unspecified atom stereocenters. The summed E-state index contributed by atoms with van der Waals surface area (Å²) in [6.45, 7) is 0. The zero-order chi connectivity index (χ0) is 11.8.